The minimum absolute atomic E-state index is 0.0302. The summed E-state index contributed by atoms with van der Waals surface area (Å²) in [5, 5.41) is 16.6. The van der Waals surface area contributed by atoms with Crippen LogP contribution in [0.3, 0.4) is 0 Å². The van der Waals surface area contributed by atoms with E-state index in [4.69, 9.17) is 9.72 Å². The molecule has 0 unspecified atom stereocenters. The van der Waals surface area contributed by atoms with Crippen LogP contribution in [0.15, 0.2) is 54.7 Å². The minimum Gasteiger partial charge on any atom is -0.479 e. The average Bonchev–Trinajstić information content (AvgIpc) is 3.27. The average molecular weight is 613 g/mol. The van der Waals surface area contributed by atoms with Crippen LogP contribution in [0.2, 0.25) is 0 Å². The number of hydrogen-bond donors (Lipinski definition) is 3. The van der Waals surface area contributed by atoms with Crippen LogP contribution in [0.25, 0.3) is 11.3 Å². The van der Waals surface area contributed by atoms with Gasteiger partial charge in [-0.25, -0.2) is 23.4 Å². The SMILES string of the molecule is CC(C)(C)OC(=O)N[C@](CCN[C@@H](c1nc(-c2cc(F)ccc2F)cn1Cc1ccccc1)C(C)(C)C)(C(=O)O)C(C)(C)C. The number of halogens is 2. The smallest absolute Gasteiger partial charge is 0.408 e. The number of ether oxygens (including phenoxy) is 1. The fraction of sp³-hybridized carbons (Fsp3) is 0.500. The molecule has 8 nitrogen and oxygen atoms in total. The minimum atomic E-state index is -1.67. The Labute approximate surface area is 259 Å². The van der Waals surface area contributed by atoms with Crippen molar-refractivity contribution in [2.75, 3.05) is 6.54 Å². The number of carbonyl (C=O) groups excluding carboxylic acids is 1. The molecule has 1 heterocycles. The van der Waals surface area contributed by atoms with Crippen LogP contribution in [-0.4, -0.2) is 44.4 Å². The molecule has 1 amide bonds. The van der Waals surface area contributed by atoms with Gasteiger partial charge >= 0.3 is 12.1 Å². The predicted molar refractivity (Wildman–Crippen MR) is 167 cm³/mol. The number of alkyl carbamates (subject to hydrolysis) is 1. The molecule has 3 N–H and O–H groups in total. The monoisotopic (exact) mass is 612 g/mol. The van der Waals surface area contributed by atoms with Gasteiger partial charge in [0.05, 0.1) is 11.7 Å². The van der Waals surface area contributed by atoms with E-state index in [2.05, 4.69) is 10.6 Å². The summed E-state index contributed by atoms with van der Waals surface area (Å²) in [7, 11) is 0. The van der Waals surface area contributed by atoms with Gasteiger partial charge in [-0.05, 0) is 68.3 Å². The van der Waals surface area contributed by atoms with Gasteiger partial charge in [-0.2, -0.15) is 0 Å². The highest BCUT2D eigenvalue weighted by atomic mass is 19.1. The first kappa shape index (κ1) is 34.7. The third-order valence-corrected chi connectivity index (χ3v) is 7.54. The fourth-order valence-corrected chi connectivity index (χ4v) is 5.16. The highest BCUT2D eigenvalue weighted by Gasteiger charge is 2.50. The zero-order valence-corrected chi connectivity index (χ0v) is 27.2. The van der Waals surface area contributed by atoms with Gasteiger partial charge in [0, 0.05) is 18.3 Å². The molecule has 0 radical (unpaired) electrons. The van der Waals surface area contributed by atoms with E-state index in [1.54, 1.807) is 47.7 Å². The van der Waals surface area contributed by atoms with Crippen molar-refractivity contribution in [3.63, 3.8) is 0 Å². The Morgan fingerprint density at radius 1 is 0.977 bits per heavy atom. The van der Waals surface area contributed by atoms with E-state index >= 15 is 0 Å². The molecule has 0 spiro atoms. The van der Waals surface area contributed by atoms with E-state index in [9.17, 15) is 23.5 Å². The van der Waals surface area contributed by atoms with Gasteiger partial charge in [-0.1, -0.05) is 71.9 Å². The molecule has 44 heavy (non-hydrogen) atoms. The summed E-state index contributed by atoms with van der Waals surface area (Å²) < 4.78 is 36.3. The quantitative estimate of drug-likeness (QED) is 0.221. The summed E-state index contributed by atoms with van der Waals surface area (Å²) in [5.74, 6) is -1.76. The summed E-state index contributed by atoms with van der Waals surface area (Å²) in [6.07, 6.45) is 0.923. The zero-order chi connectivity index (χ0) is 33.1. The van der Waals surface area contributed by atoms with Crippen LogP contribution in [0.4, 0.5) is 13.6 Å². The van der Waals surface area contributed by atoms with Crippen molar-refractivity contribution in [2.24, 2.45) is 10.8 Å². The molecule has 3 rings (SSSR count). The van der Waals surface area contributed by atoms with Crippen molar-refractivity contribution < 1.29 is 28.2 Å². The molecule has 0 aliphatic rings. The van der Waals surface area contributed by atoms with Crippen LogP contribution in [0.5, 0.6) is 0 Å². The first-order chi connectivity index (χ1) is 20.2. The van der Waals surface area contributed by atoms with Crippen molar-refractivity contribution in [1.29, 1.82) is 0 Å². The molecular formula is C34H46F2N4O4. The fourth-order valence-electron chi connectivity index (χ4n) is 5.16. The second-order valence-corrected chi connectivity index (χ2v) is 14.3. The summed E-state index contributed by atoms with van der Waals surface area (Å²) in [6.45, 7) is 17.1. The molecule has 0 bridgehead atoms. The van der Waals surface area contributed by atoms with E-state index < -0.39 is 51.7 Å². The van der Waals surface area contributed by atoms with Crippen molar-refractivity contribution in [3.8, 4) is 11.3 Å². The van der Waals surface area contributed by atoms with Crippen molar-refractivity contribution in [3.05, 3.63) is 77.8 Å². The topological polar surface area (TPSA) is 105 Å². The molecule has 0 aliphatic carbocycles. The van der Waals surface area contributed by atoms with Crippen LogP contribution in [-0.2, 0) is 16.1 Å². The number of benzene rings is 2. The lowest BCUT2D eigenvalue weighted by Gasteiger charge is -2.42. The molecule has 3 aromatic rings. The second-order valence-electron chi connectivity index (χ2n) is 14.3. The molecule has 0 saturated carbocycles. The van der Waals surface area contributed by atoms with Gasteiger partial charge in [0.1, 0.15) is 28.6 Å². The molecule has 10 heteroatoms. The zero-order valence-electron chi connectivity index (χ0n) is 27.2. The third kappa shape index (κ3) is 8.43. The molecule has 0 aliphatic heterocycles. The summed E-state index contributed by atoms with van der Waals surface area (Å²) in [4.78, 5) is 30.5. The highest BCUT2D eigenvalue weighted by molar-refractivity contribution is 5.85. The molecule has 1 aromatic heterocycles. The van der Waals surface area contributed by atoms with Gasteiger partial charge in [-0.15, -0.1) is 0 Å². The van der Waals surface area contributed by atoms with Gasteiger partial charge < -0.3 is 25.0 Å². The Bertz CT molecular complexity index is 1450. The number of aliphatic carboxylic acids is 1. The Balaban J connectivity index is 2.02. The molecule has 2 atom stereocenters. The van der Waals surface area contributed by atoms with E-state index in [0.29, 0.717) is 12.4 Å². The lowest BCUT2D eigenvalue weighted by atomic mass is 9.71. The number of rotatable bonds is 10. The maximum Gasteiger partial charge on any atom is 0.408 e. The predicted octanol–water partition coefficient (Wildman–Crippen LogP) is 7.34. The van der Waals surface area contributed by atoms with E-state index in [1.807, 2.05) is 55.7 Å². The number of hydrogen-bond acceptors (Lipinski definition) is 5. The highest BCUT2D eigenvalue weighted by Crippen LogP contribution is 2.37. The van der Waals surface area contributed by atoms with Gasteiger partial charge in [-0.3, -0.25) is 0 Å². The van der Waals surface area contributed by atoms with Crippen LogP contribution >= 0.6 is 0 Å². The van der Waals surface area contributed by atoms with Crippen molar-refractivity contribution >= 4 is 12.1 Å². The number of aromatic nitrogens is 2. The maximum absolute atomic E-state index is 14.9. The van der Waals surface area contributed by atoms with Crippen LogP contribution in [0, 0.1) is 22.5 Å². The lowest BCUT2D eigenvalue weighted by molar-refractivity contribution is -0.150. The molecule has 2 aromatic carbocycles. The first-order valence-corrected chi connectivity index (χ1v) is 14.8. The number of carboxylic acids is 1. The van der Waals surface area contributed by atoms with Gasteiger partial charge in [0.2, 0.25) is 0 Å². The number of amides is 1. The first-order valence-electron chi connectivity index (χ1n) is 14.8. The molecular weight excluding hydrogens is 566 g/mol. The van der Waals surface area contributed by atoms with Crippen molar-refractivity contribution in [1.82, 2.24) is 20.2 Å². The second kappa shape index (κ2) is 13.1. The van der Waals surface area contributed by atoms with Crippen molar-refractivity contribution in [2.45, 2.75) is 92.5 Å². The van der Waals surface area contributed by atoms with E-state index in [1.165, 1.54) is 0 Å². The van der Waals surface area contributed by atoms with Crippen LogP contribution in [0.1, 0.15) is 86.2 Å². The molecule has 240 valence electrons. The van der Waals surface area contributed by atoms with Gasteiger partial charge in [0.15, 0.2) is 0 Å². The number of carbonyl (C=O) groups is 2. The Kier molecular flexibility index (Phi) is 10.3. The van der Waals surface area contributed by atoms with E-state index in [-0.39, 0.29) is 24.2 Å². The summed E-state index contributed by atoms with van der Waals surface area (Å²) in [6, 6.07) is 12.5. The van der Waals surface area contributed by atoms with Crippen LogP contribution < -0.4 is 10.6 Å². The number of nitrogens with zero attached hydrogens (tertiary/aromatic N) is 2. The Morgan fingerprint density at radius 2 is 1.61 bits per heavy atom. The van der Waals surface area contributed by atoms with Gasteiger partial charge in [0.25, 0.3) is 0 Å². The largest absolute Gasteiger partial charge is 0.479 e. The Hall–Kier alpha value is -3.79. The summed E-state index contributed by atoms with van der Waals surface area (Å²) in [5.41, 5.74) is -2.48. The van der Waals surface area contributed by atoms with E-state index in [0.717, 1.165) is 23.8 Å². The number of imidazole rings is 1. The number of carboxylic acid groups (broad SMARTS) is 1. The molecule has 0 saturated heterocycles. The maximum atomic E-state index is 14.9. The third-order valence-electron chi connectivity index (χ3n) is 7.54. The Morgan fingerprint density at radius 3 is 2.16 bits per heavy atom. The normalized spacial score (nSPS) is 14.5. The lowest BCUT2D eigenvalue weighted by Crippen LogP contribution is -2.64. The number of nitrogens with one attached hydrogen (secondary N) is 2. The molecule has 0 fully saturated rings. The summed E-state index contributed by atoms with van der Waals surface area (Å²) >= 11 is 0. The standard InChI is InChI=1S/C34H46F2N4O4/c1-31(2,3)27(37-18-17-34(29(41)42,32(4,5)6)39-30(43)44-33(7,8)9)28-38-26(24-19-23(35)15-16-25(24)36)21-40(28)20-22-13-11-10-12-14-22/h10-16,19,21,27,37H,17-18,20H2,1-9H3,(H,39,43)(H,41,42)/t27-,34+/m0/s1.